The van der Waals surface area contributed by atoms with Crippen LogP contribution >= 0.6 is 0 Å². The Bertz CT molecular complexity index is 624. The van der Waals surface area contributed by atoms with Crippen molar-refractivity contribution in [2.24, 2.45) is 5.92 Å². The Kier molecular flexibility index (Phi) is 5.73. The van der Waals surface area contributed by atoms with E-state index in [4.69, 9.17) is 18.9 Å². The van der Waals surface area contributed by atoms with Crippen LogP contribution in [-0.2, 0) is 23.7 Å². The third-order valence-corrected chi connectivity index (χ3v) is 5.60. The molecular formula is C17H26O11. The lowest BCUT2D eigenvalue weighted by atomic mass is 9.81. The largest absolute Gasteiger partial charge is 0.472 e. The Morgan fingerprint density at radius 2 is 1.86 bits per heavy atom. The summed E-state index contributed by atoms with van der Waals surface area (Å²) >= 11 is 0. The number of aliphatic hydroxyl groups is 6. The molecule has 2 aliphatic heterocycles. The fraction of sp³-hybridized carbons (Fsp3) is 0.824. The van der Waals surface area contributed by atoms with Gasteiger partial charge in [0.05, 0.1) is 24.9 Å². The lowest BCUT2D eigenvalue weighted by Crippen LogP contribution is -2.62. The molecule has 1 saturated carbocycles. The molecule has 6 N–H and O–H groups in total. The van der Waals surface area contributed by atoms with E-state index < -0.39 is 72.8 Å². The van der Waals surface area contributed by atoms with E-state index in [-0.39, 0.29) is 6.42 Å². The number of carbonyl (C=O) groups is 1. The molecule has 2 fully saturated rings. The molecule has 2 heterocycles. The summed E-state index contributed by atoms with van der Waals surface area (Å²) < 4.78 is 21.7. The normalized spacial score (nSPS) is 50.7. The van der Waals surface area contributed by atoms with Gasteiger partial charge in [0.1, 0.15) is 35.6 Å². The van der Waals surface area contributed by atoms with Gasteiger partial charge in [-0.2, -0.15) is 0 Å². The van der Waals surface area contributed by atoms with Crippen LogP contribution in [-0.4, -0.2) is 97.5 Å². The van der Waals surface area contributed by atoms with Gasteiger partial charge in [0.2, 0.25) is 6.29 Å². The monoisotopic (exact) mass is 406 g/mol. The SMILES string of the molecule is CC(=O)O[C@]1(C)C[C@H](O)[C@@]2(O)C=CO[C@H](O[C@H]3O[C@@H](CO)[C@H](O)[C@@H](O)[C@@H]3O)[C@H]21. The maximum atomic E-state index is 11.6. The van der Waals surface area contributed by atoms with Crippen LogP contribution in [0.25, 0.3) is 0 Å². The summed E-state index contributed by atoms with van der Waals surface area (Å²) in [6, 6.07) is 0. The van der Waals surface area contributed by atoms with Gasteiger partial charge in [0.25, 0.3) is 0 Å². The molecule has 11 heteroatoms. The number of fused-ring (bicyclic) bond motifs is 1. The van der Waals surface area contributed by atoms with E-state index in [0.29, 0.717) is 0 Å². The number of ether oxygens (including phenoxy) is 4. The van der Waals surface area contributed by atoms with Crippen LogP contribution in [0.1, 0.15) is 20.3 Å². The van der Waals surface area contributed by atoms with E-state index in [9.17, 15) is 35.4 Å². The first-order valence-electron chi connectivity index (χ1n) is 8.92. The van der Waals surface area contributed by atoms with Crippen molar-refractivity contribution in [2.75, 3.05) is 6.61 Å². The minimum Gasteiger partial charge on any atom is -0.472 e. The molecule has 0 aromatic heterocycles. The van der Waals surface area contributed by atoms with Crippen molar-refractivity contribution in [2.45, 2.75) is 74.6 Å². The minimum absolute atomic E-state index is 0.101. The highest BCUT2D eigenvalue weighted by atomic mass is 16.8. The number of esters is 1. The van der Waals surface area contributed by atoms with Crippen LogP contribution in [0.15, 0.2) is 12.3 Å². The second-order valence-corrected chi connectivity index (χ2v) is 7.63. The van der Waals surface area contributed by atoms with Gasteiger partial charge in [-0.15, -0.1) is 0 Å². The highest BCUT2D eigenvalue weighted by Gasteiger charge is 2.66. The second-order valence-electron chi connectivity index (χ2n) is 7.63. The zero-order valence-corrected chi connectivity index (χ0v) is 15.4. The number of hydrogen-bond donors (Lipinski definition) is 6. The van der Waals surface area contributed by atoms with E-state index in [2.05, 4.69) is 0 Å². The lowest BCUT2D eigenvalue weighted by molar-refractivity contribution is -0.351. The second kappa shape index (κ2) is 7.50. The third-order valence-electron chi connectivity index (χ3n) is 5.60. The quantitative estimate of drug-likeness (QED) is 0.264. The average Bonchev–Trinajstić information content (AvgIpc) is 2.81. The Balaban J connectivity index is 1.87. The molecule has 0 amide bonds. The van der Waals surface area contributed by atoms with Crippen molar-refractivity contribution in [1.29, 1.82) is 0 Å². The van der Waals surface area contributed by atoms with Crippen molar-refractivity contribution in [3.63, 3.8) is 0 Å². The van der Waals surface area contributed by atoms with Gasteiger partial charge in [0.15, 0.2) is 6.29 Å². The van der Waals surface area contributed by atoms with Gasteiger partial charge >= 0.3 is 5.97 Å². The fourth-order valence-corrected chi connectivity index (χ4v) is 4.25. The summed E-state index contributed by atoms with van der Waals surface area (Å²) in [6.45, 7) is 2.04. The minimum atomic E-state index is -1.85. The summed E-state index contributed by atoms with van der Waals surface area (Å²) in [6.07, 6.45) is -8.06. The van der Waals surface area contributed by atoms with Gasteiger partial charge in [-0.1, -0.05) is 0 Å². The molecule has 0 bridgehead atoms. The third kappa shape index (κ3) is 3.42. The topological polar surface area (TPSA) is 175 Å². The van der Waals surface area contributed by atoms with Crippen LogP contribution in [0.3, 0.4) is 0 Å². The summed E-state index contributed by atoms with van der Waals surface area (Å²) in [4.78, 5) is 11.6. The van der Waals surface area contributed by atoms with Crippen LogP contribution in [0.5, 0.6) is 0 Å². The van der Waals surface area contributed by atoms with E-state index in [1.807, 2.05) is 0 Å². The lowest BCUT2D eigenvalue weighted by Gasteiger charge is -2.45. The number of hydrogen-bond acceptors (Lipinski definition) is 11. The Hall–Kier alpha value is -1.31. The van der Waals surface area contributed by atoms with Crippen LogP contribution < -0.4 is 0 Å². The molecule has 1 aliphatic carbocycles. The Morgan fingerprint density at radius 3 is 2.46 bits per heavy atom. The molecule has 28 heavy (non-hydrogen) atoms. The van der Waals surface area contributed by atoms with Crippen molar-refractivity contribution >= 4 is 5.97 Å². The first kappa shape index (κ1) is 21.4. The standard InChI is InChI=1S/C17H26O11/c1-7(19)28-16(2)5-9(20)17(24)3-4-25-15(13(16)17)27-14-12(23)11(22)10(21)8(6-18)26-14/h3-4,8-15,18,20-24H,5-6H2,1-2H3/t8-,9-,10-,11+,12-,13-,14+,15+,16+,17-/m0/s1. The first-order chi connectivity index (χ1) is 13.0. The molecule has 0 unspecified atom stereocenters. The predicted molar refractivity (Wildman–Crippen MR) is 88.1 cm³/mol. The molecule has 3 aliphatic rings. The van der Waals surface area contributed by atoms with Gasteiger partial charge in [-0.05, 0) is 13.0 Å². The molecule has 0 spiro atoms. The summed E-state index contributed by atoms with van der Waals surface area (Å²) in [5, 5.41) is 60.6. The summed E-state index contributed by atoms with van der Waals surface area (Å²) in [7, 11) is 0. The molecule has 0 radical (unpaired) electrons. The van der Waals surface area contributed by atoms with E-state index in [0.717, 1.165) is 6.26 Å². The van der Waals surface area contributed by atoms with Gasteiger partial charge < -0.3 is 49.6 Å². The molecule has 0 aromatic rings. The van der Waals surface area contributed by atoms with Crippen molar-refractivity contribution in [1.82, 2.24) is 0 Å². The van der Waals surface area contributed by atoms with Crippen molar-refractivity contribution < 1.29 is 54.4 Å². The van der Waals surface area contributed by atoms with Crippen molar-refractivity contribution in [3.8, 4) is 0 Å². The number of carbonyl (C=O) groups excluding carboxylic acids is 1. The fourth-order valence-electron chi connectivity index (χ4n) is 4.25. The zero-order valence-electron chi connectivity index (χ0n) is 15.4. The summed E-state index contributed by atoms with van der Waals surface area (Å²) in [5.74, 6) is -1.74. The van der Waals surface area contributed by atoms with Crippen molar-refractivity contribution in [3.05, 3.63) is 12.3 Å². The highest BCUT2D eigenvalue weighted by Crippen LogP contribution is 2.51. The number of rotatable bonds is 4. The highest BCUT2D eigenvalue weighted by molar-refractivity contribution is 5.66. The maximum absolute atomic E-state index is 11.6. The number of aliphatic hydroxyl groups excluding tert-OH is 5. The first-order valence-corrected chi connectivity index (χ1v) is 8.92. The average molecular weight is 406 g/mol. The smallest absolute Gasteiger partial charge is 0.303 e. The van der Waals surface area contributed by atoms with Gasteiger partial charge in [-0.25, -0.2) is 0 Å². The Morgan fingerprint density at radius 1 is 1.18 bits per heavy atom. The molecule has 10 atom stereocenters. The van der Waals surface area contributed by atoms with Crippen LogP contribution in [0.4, 0.5) is 0 Å². The van der Waals surface area contributed by atoms with Gasteiger partial charge in [0, 0.05) is 13.3 Å². The molecule has 3 rings (SSSR count). The summed E-state index contributed by atoms with van der Waals surface area (Å²) in [5.41, 5.74) is -3.22. The Labute approximate surface area is 160 Å². The molecule has 160 valence electrons. The predicted octanol–water partition coefficient (Wildman–Crippen LogP) is -2.89. The zero-order chi connectivity index (χ0) is 20.9. The van der Waals surface area contributed by atoms with E-state index in [1.54, 1.807) is 0 Å². The van der Waals surface area contributed by atoms with E-state index in [1.165, 1.54) is 19.9 Å². The van der Waals surface area contributed by atoms with Crippen LogP contribution in [0.2, 0.25) is 0 Å². The maximum Gasteiger partial charge on any atom is 0.303 e. The van der Waals surface area contributed by atoms with E-state index >= 15 is 0 Å². The van der Waals surface area contributed by atoms with Crippen LogP contribution in [0, 0.1) is 5.92 Å². The molecule has 1 saturated heterocycles. The molecule has 11 nitrogen and oxygen atoms in total. The van der Waals surface area contributed by atoms with Gasteiger partial charge in [-0.3, -0.25) is 4.79 Å². The molecule has 0 aromatic carbocycles. The molecular weight excluding hydrogens is 380 g/mol.